The predicted molar refractivity (Wildman–Crippen MR) is 88.6 cm³/mol. The second-order valence-corrected chi connectivity index (χ2v) is 7.08. The highest BCUT2D eigenvalue weighted by Crippen LogP contribution is 2.42. The van der Waals surface area contributed by atoms with Gasteiger partial charge in [0.05, 0.1) is 18.1 Å². The minimum atomic E-state index is -0.152. The van der Waals surface area contributed by atoms with Crippen molar-refractivity contribution in [3.05, 3.63) is 24.2 Å². The maximum atomic E-state index is 12.6. The molecule has 0 spiro atoms. The van der Waals surface area contributed by atoms with Gasteiger partial charge in [0.2, 0.25) is 11.8 Å². The molecule has 3 heterocycles. The fourth-order valence-electron chi connectivity index (χ4n) is 3.83. The standard InChI is InChI=1S/C18H23N3O4/c22-16(19-5-1-2-6-19)13-12-14(13)17(23)20-7-9-21(10-8-20)18(24)15-4-3-11-25-15/h3-4,11,13-14H,1-2,5-10,12H2. The number of piperazine rings is 1. The number of amides is 3. The van der Waals surface area contributed by atoms with Crippen LogP contribution in [0.25, 0.3) is 0 Å². The van der Waals surface area contributed by atoms with Gasteiger partial charge in [-0.05, 0) is 31.4 Å². The Morgan fingerprint density at radius 3 is 1.96 bits per heavy atom. The highest BCUT2D eigenvalue weighted by molar-refractivity contribution is 5.93. The van der Waals surface area contributed by atoms with Crippen molar-refractivity contribution >= 4 is 17.7 Å². The second kappa shape index (κ2) is 6.54. The molecule has 1 saturated carbocycles. The molecule has 0 bridgehead atoms. The number of carbonyl (C=O) groups excluding carboxylic acids is 3. The Balaban J connectivity index is 1.27. The van der Waals surface area contributed by atoms with E-state index < -0.39 is 0 Å². The van der Waals surface area contributed by atoms with Crippen LogP contribution in [0.5, 0.6) is 0 Å². The summed E-state index contributed by atoms with van der Waals surface area (Å²) >= 11 is 0. The Morgan fingerprint density at radius 1 is 0.840 bits per heavy atom. The van der Waals surface area contributed by atoms with Crippen molar-refractivity contribution in [3.8, 4) is 0 Å². The van der Waals surface area contributed by atoms with Crippen LogP contribution in [0.1, 0.15) is 29.8 Å². The van der Waals surface area contributed by atoms with E-state index in [2.05, 4.69) is 0 Å². The highest BCUT2D eigenvalue weighted by Gasteiger charge is 2.51. The molecular weight excluding hydrogens is 322 g/mol. The summed E-state index contributed by atoms with van der Waals surface area (Å²) in [4.78, 5) is 42.7. The summed E-state index contributed by atoms with van der Waals surface area (Å²) in [6.45, 7) is 3.72. The third-order valence-corrected chi connectivity index (χ3v) is 5.45. The molecule has 0 radical (unpaired) electrons. The van der Waals surface area contributed by atoms with Gasteiger partial charge in [0, 0.05) is 39.3 Å². The first-order valence-corrected chi connectivity index (χ1v) is 9.05. The van der Waals surface area contributed by atoms with Gasteiger partial charge >= 0.3 is 0 Å². The molecule has 2 atom stereocenters. The van der Waals surface area contributed by atoms with Crippen LogP contribution >= 0.6 is 0 Å². The molecule has 1 aromatic rings. The van der Waals surface area contributed by atoms with Gasteiger partial charge in [0.15, 0.2) is 5.76 Å². The van der Waals surface area contributed by atoms with Crippen LogP contribution in [0.4, 0.5) is 0 Å². The van der Waals surface area contributed by atoms with Gasteiger partial charge < -0.3 is 19.1 Å². The van der Waals surface area contributed by atoms with Crippen LogP contribution in [0.15, 0.2) is 22.8 Å². The first kappa shape index (κ1) is 16.2. The number of likely N-dealkylation sites (tertiary alicyclic amines) is 1. The predicted octanol–water partition coefficient (Wildman–Crippen LogP) is 0.823. The summed E-state index contributed by atoms with van der Waals surface area (Å²) in [5.41, 5.74) is 0. The Labute approximate surface area is 146 Å². The van der Waals surface area contributed by atoms with Crippen molar-refractivity contribution in [2.75, 3.05) is 39.3 Å². The van der Waals surface area contributed by atoms with Crippen LogP contribution in [0, 0.1) is 11.8 Å². The lowest BCUT2D eigenvalue weighted by Gasteiger charge is -2.34. The molecular formula is C18H23N3O4. The van der Waals surface area contributed by atoms with Gasteiger partial charge in [-0.1, -0.05) is 0 Å². The van der Waals surface area contributed by atoms with E-state index >= 15 is 0 Å². The summed E-state index contributed by atoms with van der Waals surface area (Å²) in [5, 5.41) is 0. The van der Waals surface area contributed by atoms with Gasteiger partial charge in [-0.25, -0.2) is 0 Å². The average Bonchev–Trinajstić information content (AvgIpc) is 3.06. The Bertz CT molecular complexity index is 658. The normalized spacial score (nSPS) is 26.0. The molecule has 1 aliphatic carbocycles. The van der Waals surface area contributed by atoms with E-state index in [1.807, 2.05) is 4.90 Å². The zero-order valence-electron chi connectivity index (χ0n) is 14.2. The van der Waals surface area contributed by atoms with Crippen molar-refractivity contribution in [2.45, 2.75) is 19.3 Å². The van der Waals surface area contributed by atoms with Crippen molar-refractivity contribution < 1.29 is 18.8 Å². The summed E-state index contributed by atoms with van der Waals surface area (Å²) in [7, 11) is 0. The van der Waals surface area contributed by atoms with Crippen molar-refractivity contribution in [1.29, 1.82) is 0 Å². The first-order valence-electron chi connectivity index (χ1n) is 9.05. The molecule has 134 valence electrons. The third kappa shape index (κ3) is 3.15. The fourth-order valence-corrected chi connectivity index (χ4v) is 3.83. The van der Waals surface area contributed by atoms with Gasteiger partial charge in [-0.15, -0.1) is 0 Å². The van der Waals surface area contributed by atoms with Crippen LogP contribution < -0.4 is 0 Å². The average molecular weight is 345 g/mol. The van der Waals surface area contributed by atoms with E-state index in [0.717, 1.165) is 25.9 Å². The van der Waals surface area contributed by atoms with E-state index in [0.29, 0.717) is 38.4 Å². The molecule has 0 aromatic carbocycles. The van der Waals surface area contributed by atoms with Gasteiger partial charge in [0.25, 0.3) is 5.91 Å². The molecule has 2 unspecified atom stereocenters. The molecule has 2 saturated heterocycles. The number of furan rings is 1. The number of nitrogens with zero attached hydrogens (tertiary/aromatic N) is 3. The topological polar surface area (TPSA) is 74.1 Å². The largest absolute Gasteiger partial charge is 0.459 e. The van der Waals surface area contributed by atoms with Crippen molar-refractivity contribution in [3.63, 3.8) is 0 Å². The molecule has 4 rings (SSSR count). The lowest BCUT2D eigenvalue weighted by Crippen LogP contribution is -2.51. The molecule has 25 heavy (non-hydrogen) atoms. The summed E-state index contributed by atoms with van der Waals surface area (Å²) in [6.07, 6.45) is 4.31. The molecule has 1 aromatic heterocycles. The molecule has 7 heteroatoms. The highest BCUT2D eigenvalue weighted by atomic mass is 16.3. The molecule has 0 N–H and O–H groups in total. The van der Waals surface area contributed by atoms with E-state index in [9.17, 15) is 14.4 Å². The van der Waals surface area contributed by atoms with E-state index in [1.54, 1.807) is 21.9 Å². The maximum absolute atomic E-state index is 12.6. The molecule has 3 amide bonds. The van der Waals surface area contributed by atoms with Gasteiger partial charge in [-0.3, -0.25) is 14.4 Å². The van der Waals surface area contributed by atoms with E-state index in [4.69, 9.17) is 4.42 Å². The fraction of sp³-hybridized carbons (Fsp3) is 0.611. The summed E-state index contributed by atoms with van der Waals surface area (Å²) < 4.78 is 5.15. The molecule has 3 fully saturated rings. The number of hydrogen-bond donors (Lipinski definition) is 0. The van der Waals surface area contributed by atoms with Gasteiger partial charge in [0.1, 0.15) is 0 Å². The lowest BCUT2D eigenvalue weighted by atomic mass is 10.2. The Morgan fingerprint density at radius 2 is 1.40 bits per heavy atom. The molecule has 7 nitrogen and oxygen atoms in total. The zero-order valence-corrected chi connectivity index (χ0v) is 14.2. The Kier molecular flexibility index (Phi) is 4.23. The summed E-state index contributed by atoms with van der Waals surface area (Å²) in [6, 6.07) is 3.34. The van der Waals surface area contributed by atoms with Crippen LogP contribution in [0.3, 0.4) is 0 Å². The first-order chi connectivity index (χ1) is 12.1. The monoisotopic (exact) mass is 345 g/mol. The van der Waals surface area contributed by atoms with Crippen LogP contribution in [0.2, 0.25) is 0 Å². The Hall–Kier alpha value is -2.31. The van der Waals surface area contributed by atoms with Gasteiger partial charge in [-0.2, -0.15) is 0 Å². The van der Waals surface area contributed by atoms with E-state index in [-0.39, 0.29) is 29.6 Å². The second-order valence-electron chi connectivity index (χ2n) is 7.08. The SMILES string of the molecule is O=C(c1ccco1)N1CCN(C(=O)C2CC2C(=O)N2CCCC2)CC1. The number of rotatable bonds is 3. The minimum Gasteiger partial charge on any atom is -0.459 e. The molecule has 2 aliphatic heterocycles. The quantitative estimate of drug-likeness (QED) is 0.813. The van der Waals surface area contributed by atoms with Crippen molar-refractivity contribution in [2.24, 2.45) is 11.8 Å². The third-order valence-electron chi connectivity index (χ3n) is 5.45. The molecule has 3 aliphatic rings. The maximum Gasteiger partial charge on any atom is 0.289 e. The number of carbonyl (C=O) groups is 3. The zero-order chi connectivity index (χ0) is 17.4. The number of hydrogen-bond acceptors (Lipinski definition) is 4. The lowest BCUT2D eigenvalue weighted by molar-refractivity contribution is -0.138. The minimum absolute atomic E-state index is 0.0719. The van der Waals surface area contributed by atoms with Crippen LogP contribution in [-0.2, 0) is 9.59 Å². The van der Waals surface area contributed by atoms with Crippen LogP contribution in [-0.4, -0.2) is 71.7 Å². The smallest absolute Gasteiger partial charge is 0.289 e. The van der Waals surface area contributed by atoms with E-state index in [1.165, 1.54) is 6.26 Å². The van der Waals surface area contributed by atoms with Crippen molar-refractivity contribution in [1.82, 2.24) is 14.7 Å². The summed E-state index contributed by atoms with van der Waals surface area (Å²) in [5.74, 6) is 0.155.